The van der Waals surface area contributed by atoms with Crippen LogP contribution in [0.15, 0.2) is 18.2 Å². The molecule has 0 saturated carbocycles. The summed E-state index contributed by atoms with van der Waals surface area (Å²) in [6.07, 6.45) is -5.15. The van der Waals surface area contributed by atoms with Gasteiger partial charge in [-0.3, -0.25) is 4.57 Å². The first kappa shape index (κ1) is 19.1. The smallest absolute Gasteiger partial charge is 0.420 e. The van der Waals surface area contributed by atoms with Crippen molar-refractivity contribution in [2.75, 3.05) is 6.66 Å². The Labute approximate surface area is 115 Å². The Kier molecular flexibility index (Phi) is 6.51. The molecule has 0 amide bonds. The van der Waals surface area contributed by atoms with Crippen molar-refractivity contribution in [1.82, 2.24) is 0 Å². The number of hydrogen-bond donors (Lipinski definition) is 2. The molecule has 11 heteroatoms. The molecule has 1 aromatic carbocycles. The lowest BCUT2D eigenvalue weighted by atomic mass is 10.2. The maximum absolute atomic E-state index is 12.9. The Morgan fingerprint density at radius 3 is 2.19 bits per heavy atom. The van der Waals surface area contributed by atoms with Crippen LogP contribution in [0.2, 0.25) is 0 Å². The standard InChI is InChI=1S/C9H3F4NO2.CH5O3P/c10-7-3-6(2-1-5(7)4-14)16-8(15)9(11,12)13;1-5(2,3)4/h1-3H;1H3,(H2,2,3,4). The molecular formula is C10H8F4NO5P. The zero-order valence-electron chi connectivity index (χ0n) is 10.3. The third-order valence-electron chi connectivity index (χ3n) is 1.50. The highest BCUT2D eigenvalue weighted by atomic mass is 31.2. The van der Waals surface area contributed by atoms with Crippen LogP contribution in [-0.2, 0) is 9.36 Å². The van der Waals surface area contributed by atoms with Gasteiger partial charge in [0.1, 0.15) is 17.6 Å². The van der Waals surface area contributed by atoms with Gasteiger partial charge in [0.15, 0.2) is 0 Å². The fourth-order valence-electron chi connectivity index (χ4n) is 0.815. The molecular weight excluding hydrogens is 321 g/mol. The highest BCUT2D eigenvalue weighted by Gasteiger charge is 2.41. The molecule has 0 bridgehead atoms. The Bertz CT molecular complexity index is 596. The Hall–Kier alpha value is -1.95. The van der Waals surface area contributed by atoms with Gasteiger partial charge in [0.25, 0.3) is 0 Å². The summed E-state index contributed by atoms with van der Waals surface area (Å²) in [4.78, 5) is 25.6. The van der Waals surface area contributed by atoms with Crippen LogP contribution in [0.4, 0.5) is 17.6 Å². The van der Waals surface area contributed by atoms with Crippen LogP contribution in [0.1, 0.15) is 5.56 Å². The molecule has 2 N–H and O–H groups in total. The first-order chi connectivity index (χ1) is 9.34. The topological polar surface area (TPSA) is 108 Å². The van der Waals surface area contributed by atoms with Crippen molar-refractivity contribution < 1.29 is 41.4 Å². The van der Waals surface area contributed by atoms with Crippen LogP contribution in [0.5, 0.6) is 5.75 Å². The highest BCUT2D eigenvalue weighted by Crippen LogP contribution is 2.26. The zero-order valence-corrected chi connectivity index (χ0v) is 11.2. The van der Waals surface area contributed by atoms with E-state index in [0.29, 0.717) is 6.07 Å². The van der Waals surface area contributed by atoms with Gasteiger partial charge < -0.3 is 14.5 Å². The van der Waals surface area contributed by atoms with Gasteiger partial charge in [-0.2, -0.15) is 18.4 Å². The summed E-state index contributed by atoms with van der Waals surface area (Å²) in [6.45, 7) is 0.854. The van der Waals surface area contributed by atoms with Crippen molar-refractivity contribution in [3.63, 3.8) is 0 Å². The number of carbonyl (C=O) groups excluding carboxylic acids is 1. The molecule has 1 rings (SSSR count). The van der Waals surface area contributed by atoms with E-state index in [2.05, 4.69) is 4.74 Å². The average Bonchev–Trinajstić information content (AvgIpc) is 2.25. The summed E-state index contributed by atoms with van der Waals surface area (Å²) in [5.41, 5.74) is -0.355. The van der Waals surface area contributed by atoms with E-state index < -0.39 is 31.3 Å². The summed E-state index contributed by atoms with van der Waals surface area (Å²) < 4.78 is 61.4. The molecule has 1 aromatic rings. The van der Waals surface area contributed by atoms with Gasteiger partial charge in [0.2, 0.25) is 0 Å². The van der Waals surface area contributed by atoms with E-state index in [-0.39, 0.29) is 5.56 Å². The molecule has 0 aliphatic rings. The minimum absolute atomic E-state index is 0.355. The molecule has 0 atom stereocenters. The Morgan fingerprint density at radius 1 is 1.38 bits per heavy atom. The first-order valence-electron chi connectivity index (χ1n) is 4.86. The zero-order chi connectivity index (χ0) is 16.8. The van der Waals surface area contributed by atoms with Crippen LogP contribution in [0, 0.1) is 17.1 Å². The van der Waals surface area contributed by atoms with E-state index in [9.17, 15) is 26.9 Å². The quantitative estimate of drug-likeness (QED) is 0.353. The lowest BCUT2D eigenvalue weighted by Crippen LogP contribution is -2.28. The van der Waals surface area contributed by atoms with E-state index in [4.69, 9.17) is 15.0 Å². The summed E-state index contributed by atoms with van der Waals surface area (Å²) >= 11 is 0. The molecule has 0 radical (unpaired) electrons. The van der Waals surface area contributed by atoms with Crippen molar-refractivity contribution in [3.05, 3.63) is 29.6 Å². The summed E-state index contributed by atoms with van der Waals surface area (Å²) in [5, 5.41) is 8.34. The number of nitrogens with zero attached hydrogens (tertiary/aromatic N) is 1. The first-order valence-corrected chi connectivity index (χ1v) is 6.92. The monoisotopic (exact) mass is 329 g/mol. The van der Waals surface area contributed by atoms with Crippen molar-refractivity contribution in [1.29, 1.82) is 5.26 Å². The maximum Gasteiger partial charge on any atom is 0.491 e. The minimum Gasteiger partial charge on any atom is -0.420 e. The SMILES string of the molecule is CP(=O)(O)O.N#Cc1ccc(OC(=O)C(F)(F)F)cc1F. The second kappa shape index (κ2) is 7.17. The molecule has 0 aromatic heterocycles. The highest BCUT2D eigenvalue weighted by molar-refractivity contribution is 7.50. The molecule has 6 nitrogen and oxygen atoms in total. The fraction of sp³-hybridized carbons (Fsp3) is 0.200. The van der Waals surface area contributed by atoms with Gasteiger partial charge in [0, 0.05) is 12.7 Å². The number of halogens is 4. The second-order valence-electron chi connectivity index (χ2n) is 3.48. The van der Waals surface area contributed by atoms with Crippen molar-refractivity contribution in [2.24, 2.45) is 0 Å². The summed E-state index contributed by atoms with van der Waals surface area (Å²) in [7, 11) is -3.64. The lowest BCUT2D eigenvalue weighted by Gasteiger charge is -2.06. The predicted octanol–water partition coefficient (Wildman–Crippen LogP) is 1.96. The molecule has 0 aliphatic carbocycles. The number of esters is 1. The molecule has 0 aliphatic heterocycles. The van der Waals surface area contributed by atoms with Crippen LogP contribution in [0.3, 0.4) is 0 Å². The number of hydrogen-bond acceptors (Lipinski definition) is 4. The van der Waals surface area contributed by atoms with E-state index in [1.54, 1.807) is 0 Å². The number of rotatable bonds is 1. The Morgan fingerprint density at radius 2 is 1.86 bits per heavy atom. The molecule has 0 unspecified atom stereocenters. The van der Waals surface area contributed by atoms with Crippen LogP contribution in [-0.4, -0.2) is 28.6 Å². The normalized spacial score (nSPS) is 11.0. The number of nitriles is 1. The molecule has 0 spiro atoms. The molecule has 21 heavy (non-hydrogen) atoms. The van der Waals surface area contributed by atoms with Crippen LogP contribution >= 0.6 is 7.60 Å². The van der Waals surface area contributed by atoms with Gasteiger partial charge in [-0.1, -0.05) is 0 Å². The predicted molar refractivity (Wildman–Crippen MR) is 60.8 cm³/mol. The van der Waals surface area contributed by atoms with Crippen LogP contribution < -0.4 is 4.74 Å². The van der Waals surface area contributed by atoms with Crippen LogP contribution in [0.25, 0.3) is 0 Å². The lowest BCUT2D eigenvalue weighted by molar-refractivity contribution is -0.189. The summed E-state index contributed by atoms with van der Waals surface area (Å²) in [6, 6.07) is 3.80. The minimum atomic E-state index is -5.15. The van der Waals surface area contributed by atoms with Gasteiger partial charge in [-0.05, 0) is 12.1 Å². The number of ether oxygens (including phenoxy) is 1. The summed E-state index contributed by atoms with van der Waals surface area (Å²) in [5.74, 6) is -4.12. The average molecular weight is 329 g/mol. The van der Waals surface area contributed by atoms with E-state index >= 15 is 0 Å². The molecule has 0 fully saturated rings. The van der Waals surface area contributed by atoms with Crippen molar-refractivity contribution in [2.45, 2.75) is 6.18 Å². The van der Waals surface area contributed by atoms with E-state index in [1.165, 1.54) is 6.07 Å². The number of alkyl halides is 3. The van der Waals surface area contributed by atoms with Crippen molar-refractivity contribution in [3.8, 4) is 11.8 Å². The van der Waals surface area contributed by atoms with Gasteiger partial charge in [-0.25, -0.2) is 9.18 Å². The second-order valence-corrected chi connectivity index (χ2v) is 5.15. The fourth-order valence-corrected chi connectivity index (χ4v) is 0.815. The van der Waals surface area contributed by atoms with Gasteiger partial charge >= 0.3 is 19.7 Å². The van der Waals surface area contributed by atoms with Gasteiger partial charge in [0.05, 0.1) is 5.56 Å². The largest absolute Gasteiger partial charge is 0.491 e. The third-order valence-corrected chi connectivity index (χ3v) is 1.50. The maximum atomic E-state index is 12.9. The Balaban J connectivity index is 0.000000690. The van der Waals surface area contributed by atoms with Gasteiger partial charge in [-0.15, -0.1) is 0 Å². The molecule has 116 valence electrons. The number of carbonyl (C=O) groups is 1. The van der Waals surface area contributed by atoms with E-state index in [1.807, 2.05) is 0 Å². The number of benzene rings is 1. The molecule has 0 saturated heterocycles. The third kappa shape index (κ3) is 8.75. The van der Waals surface area contributed by atoms with E-state index in [0.717, 1.165) is 18.8 Å². The van der Waals surface area contributed by atoms with Crippen molar-refractivity contribution >= 4 is 13.6 Å². The molecule has 0 heterocycles.